The summed E-state index contributed by atoms with van der Waals surface area (Å²) in [4.78, 5) is 37.3. The van der Waals surface area contributed by atoms with Crippen molar-refractivity contribution in [2.75, 3.05) is 4.90 Å². The molecule has 21 heavy (non-hydrogen) atoms. The maximum Gasteiger partial charge on any atom is 0.335 e. The molecule has 2 rings (SSSR count). The number of carbonyl (C=O) groups is 3. The molecule has 1 aliphatic rings. The molecule has 112 valence electrons. The van der Waals surface area contributed by atoms with Gasteiger partial charge in [0.25, 0.3) is 5.91 Å². The quantitative estimate of drug-likeness (QED) is 0.873. The van der Waals surface area contributed by atoms with Crippen molar-refractivity contribution in [2.45, 2.75) is 26.7 Å². The third-order valence-electron chi connectivity index (χ3n) is 3.84. The Morgan fingerprint density at radius 2 is 1.86 bits per heavy atom. The maximum atomic E-state index is 14.0. The number of nitrogens with zero attached hydrogens (tertiary/aromatic N) is 1. The zero-order chi connectivity index (χ0) is 15.8. The van der Waals surface area contributed by atoms with E-state index in [1.807, 2.05) is 0 Å². The first-order chi connectivity index (χ1) is 9.89. The SMILES string of the molecule is CCC1(CC)C(=O)NC(=O)N(c2c(F)cccc2Cl)C1=O. The molecule has 1 fully saturated rings. The van der Waals surface area contributed by atoms with E-state index in [0.29, 0.717) is 4.90 Å². The molecule has 0 bridgehead atoms. The van der Waals surface area contributed by atoms with E-state index in [2.05, 4.69) is 5.32 Å². The van der Waals surface area contributed by atoms with E-state index in [1.165, 1.54) is 12.1 Å². The average Bonchev–Trinajstić information content (AvgIpc) is 2.43. The van der Waals surface area contributed by atoms with Crippen LogP contribution in [0.3, 0.4) is 0 Å². The van der Waals surface area contributed by atoms with Gasteiger partial charge in [-0.3, -0.25) is 14.9 Å². The van der Waals surface area contributed by atoms with Crippen LogP contribution in [-0.4, -0.2) is 17.8 Å². The monoisotopic (exact) mass is 312 g/mol. The van der Waals surface area contributed by atoms with Gasteiger partial charge in [-0.25, -0.2) is 14.1 Å². The van der Waals surface area contributed by atoms with E-state index in [9.17, 15) is 18.8 Å². The fourth-order valence-electron chi connectivity index (χ4n) is 2.46. The Morgan fingerprint density at radius 3 is 2.38 bits per heavy atom. The molecule has 1 saturated heterocycles. The van der Waals surface area contributed by atoms with Crippen molar-refractivity contribution < 1.29 is 18.8 Å². The number of halogens is 2. The summed E-state index contributed by atoms with van der Waals surface area (Å²) in [7, 11) is 0. The molecule has 0 radical (unpaired) electrons. The van der Waals surface area contributed by atoms with Gasteiger partial charge < -0.3 is 0 Å². The van der Waals surface area contributed by atoms with Crippen molar-refractivity contribution in [1.82, 2.24) is 5.32 Å². The predicted molar refractivity (Wildman–Crippen MR) is 75.4 cm³/mol. The number of hydrogen-bond donors (Lipinski definition) is 1. The van der Waals surface area contributed by atoms with Gasteiger partial charge in [0, 0.05) is 0 Å². The summed E-state index contributed by atoms with van der Waals surface area (Å²) >= 11 is 5.91. The van der Waals surface area contributed by atoms with Gasteiger partial charge in [-0.15, -0.1) is 0 Å². The van der Waals surface area contributed by atoms with Crippen LogP contribution in [0.25, 0.3) is 0 Å². The van der Waals surface area contributed by atoms with Gasteiger partial charge in [-0.05, 0) is 25.0 Å². The number of nitrogens with one attached hydrogen (secondary N) is 1. The number of hydrogen-bond acceptors (Lipinski definition) is 3. The molecular weight excluding hydrogens is 299 g/mol. The van der Waals surface area contributed by atoms with Gasteiger partial charge in [0.15, 0.2) is 0 Å². The zero-order valence-electron chi connectivity index (χ0n) is 11.6. The highest BCUT2D eigenvalue weighted by molar-refractivity contribution is 6.37. The number of rotatable bonds is 3. The standard InChI is InChI=1S/C14H14ClFN2O3/c1-3-14(4-2)11(19)17-13(21)18(12(14)20)10-8(15)6-5-7-9(10)16/h5-7H,3-4H2,1-2H3,(H,17,19,21). The van der Waals surface area contributed by atoms with Crippen LogP contribution in [0.15, 0.2) is 18.2 Å². The number of urea groups is 1. The molecule has 1 heterocycles. The van der Waals surface area contributed by atoms with Crippen molar-refractivity contribution in [3.8, 4) is 0 Å². The van der Waals surface area contributed by atoms with Gasteiger partial charge in [-0.1, -0.05) is 31.5 Å². The van der Waals surface area contributed by atoms with E-state index >= 15 is 0 Å². The van der Waals surface area contributed by atoms with Crippen LogP contribution in [0, 0.1) is 11.2 Å². The van der Waals surface area contributed by atoms with Crippen molar-refractivity contribution >= 4 is 35.1 Å². The molecule has 0 spiro atoms. The molecule has 0 aliphatic carbocycles. The first kappa shape index (κ1) is 15.4. The van der Waals surface area contributed by atoms with Gasteiger partial charge in [0.1, 0.15) is 16.9 Å². The van der Waals surface area contributed by atoms with Crippen LogP contribution in [0.1, 0.15) is 26.7 Å². The summed E-state index contributed by atoms with van der Waals surface area (Å²) < 4.78 is 14.0. The fraction of sp³-hybridized carbons (Fsp3) is 0.357. The van der Waals surface area contributed by atoms with E-state index < -0.39 is 29.1 Å². The van der Waals surface area contributed by atoms with Crippen LogP contribution in [0.4, 0.5) is 14.9 Å². The Morgan fingerprint density at radius 1 is 1.24 bits per heavy atom. The summed E-state index contributed by atoms with van der Waals surface area (Å²) in [6.45, 7) is 3.33. The number of benzene rings is 1. The molecule has 0 atom stereocenters. The summed E-state index contributed by atoms with van der Waals surface area (Å²) in [5.74, 6) is -2.22. The Kier molecular flexibility index (Phi) is 4.00. The summed E-state index contributed by atoms with van der Waals surface area (Å²) in [5, 5.41) is 2.03. The highest BCUT2D eigenvalue weighted by atomic mass is 35.5. The molecule has 5 nitrogen and oxygen atoms in total. The van der Waals surface area contributed by atoms with E-state index in [1.54, 1.807) is 13.8 Å². The highest BCUT2D eigenvalue weighted by Crippen LogP contribution is 2.38. The van der Waals surface area contributed by atoms with E-state index in [0.717, 1.165) is 6.07 Å². The summed E-state index contributed by atoms with van der Waals surface area (Å²) in [6, 6.07) is 2.84. The number of para-hydroxylation sites is 1. The predicted octanol–water partition coefficient (Wildman–Crippen LogP) is 2.87. The first-order valence-corrected chi connectivity index (χ1v) is 6.90. The number of carbonyl (C=O) groups excluding carboxylic acids is 3. The molecule has 0 unspecified atom stereocenters. The molecule has 0 aromatic heterocycles. The van der Waals surface area contributed by atoms with Gasteiger partial charge in [0.2, 0.25) is 5.91 Å². The van der Waals surface area contributed by atoms with Crippen molar-refractivity contribution in [3.63, 3.8) is 0 Å². The summed E-state index contributed by atoms with van der Waals surface area (Å²) in [5.41, 5.74) is -1.72. The second kappa shape index (κ2) is 5.44. The minimum absolute atomic E-state index is 0.0750. The van der Waals surface area contributed by atoms with Gasteiger partial charge in [0.05, 0.1) is 5.02 Å². The average molecular weight is 313 g/mol. The van der Waals surface area contributed by atoms with Crippen LogP contribution in [0.5, 0.6) is 0 Å². The minimum Gasteiger partial charge on any atom is -0.276 e. The molecule has 7 heteroatoms. The number of barbiturate groups is 1. The fourth-order valence-corrected chi connectivity index (χ4v) is 2.70. The Labute approximate surface area is 126 Å². The van der Waals surface area contributed by atoms with Crippen LogP contribution in [-0.2, 0) is 9.59 Å². The number of anilines is 1. The number of imide groups is 2. The van der Waals surface area contributed by atoms with Crippen molar-refractivity contribution in [3.05, 3.63) is 29.0 Å². The normalized spacial score (nSPS) is 17.9. The topological polar surface area (TPSA) is 66.5 Å². The Balaban J connectivity index is 2.61. The molecule has 1 aromatic rings. The summed E-state index contributed by atoms with van der Waals surface area (Å²) in [6.07, 6.45) is 0.397. The third kappa shape index (κ3) is 2.19. The van der Waals surface area contributed by atoms with Gasteiger partial charge >= 0.3 is 6.03 Å². The van der Waals surface area contributed by atoms with Crippen LogP contribution in [0.2, 0.25) is 5.02 Å². The first-order valence-electron chi connectivity index (χ1n) is 6.53. The lowest BCUT2D eigenvalue weighted by Crippen LogP contribution is -2.64. The smallest absolute Gasteiger partial charge is 0.276 e. The molecule has 0 saturated carbocycles. The van der Waals surface area contributed by atoms with E-state index in [-0.39, 0.29) is 23.6 Å². The lowest BCUT2D eigenvalue weighted by Gasteiger charge is -2.38. The molecule has 4 amide bonds. The van der Waals surface area contributed by atoms with Crippen LogP contribution >= 0.6 is 11.6 Å². The zero-order valence-corrected chi connectivity index (χ0v) is 12.3. The lowest BCUT2D eigenvalue weighted by molar-refractivity contribution is -0.143. The van der Waals surface area contributed by atoms with Crippen LogP contribution < -0.4 is 10.2 Å². The largest absolute Gasteiger partial charge is 0.335 e. The second-order valence-electron chi connectivity index (χ2n) is 4.76. The highest BCUT2D eigenvalue weighted by Gasteiger charge is 2.52. The Hall–Kier alpha value is -1.95. The molecule has 1 aromatic carbocycles. The van der Waals surface area contributed by atoms with E-state index in [4.69, 9.17) is 11.6 Å². The lowest BCUT2D eigenvalue weighted by atomic mass is 9.78. The molecule has 1 aliphatic heterocycles. The third-order valence-corrected chi connectivity index (χ3v) is 4.14. The van der Waals surface area contributed by atoms with Gasteiger partial charge in [-0.2, -0.15) is 0 Å². The van der Waals surface area contributed by atoms with Crippen molar-refractivity contribution in [2.24, 2.45) is 5.41 Å². The minimum atomic E-state index is -1.39. The van der Waals surface area contributed by atoms with Crippen molar-refractivity contribution in [1.29, 1.82) is 0 Å². The molecular formula is C14H14ClFN2O3. The maximum absolute atomic E-state index is 14.0. The number of amides is 4. The Bertz CT molecular complexity index is 608. The molecule has 1 N–H and O–H groups in total. The second-order valence-corrected chi connectivity index (χ2v) is 5.17.